The molecule has 0 bridgehead atoms. The van der Waals surface area contributed by atoms with Crippen molar-refractivity contribution in [2.45, 2.75) is 13.8 Å². The minimum absolute atomic E-state index is 0.236. The lowest BCUT2D eigenvalue weighted by molar-refractivity contribution is -0.110. The summed E-state index contributed by atoms with van der Waals surface area (Å²) in [5, 5.41) is 0. The Morgan fingerprint density at radius 2 is 2.38 bits per heavy atom. The van der Waals surface area contributed by atoms with E-state index in [2.05, 4.69) is 6.92 Å². The molecule has 1 atom stereocenters. The van der Waals surface area contributed by atoms with E-state index in [1.165, 1.54) is 0 Å². The lowest BCUT2D eigenvalue weighted by atomic mass is 10.3. The second-order valence-electron chi connectivity index (χ2n) is 1.77. The smallest absolute Gasteiger partial charge is 0.123 e. The molecular weight excluding hydrogens is 120 g/mol. The normalized spacial score (nSPS) is 13.2. The Bertz CT molecular complexity index is 63.5. The molecule has 48 valence electrons. The molecule has 0 aliphatic heterocycles. The molecule has 1 unspecified atom stereocenters. The second-order valence-corrected chi connectivity index (χ2v) is 3.09. The van der Waals surface area contributed by atoms with Crippen molar-refractivity contribution in [1.82, 2.24) is 0 Å². The molecule has 0 N–H and O–H groups in total. The molecule has 2 heteroatoms. The van der Waals surface area contributed by atoms with Crippen LogP contribution in [0.5, 0.6) is 0 Å². The predicted octanol–water partition coefficient (Wildman–Crippen LogP) is 1.57. The van der Waals surface area contributed by atoms with Gasteiger partial charge in [-0.05, 0) is 5.75 Å². The first-order chi connectivity index (χ1) is 3.81. The fourth-order valence-corrected chi connectivity index (χ4v) is 1.03. The molecule has 1 nitrogen and oxygen atoms in total. The zero-order valence-electron chi connectivity index (χ0n) is 5.39. The zero-order chi connectivity index (χ0) is 6.41. The van der Waals surface area contributed by atoms with Crippen molar-refractivity contribution in [3.63, 3.8) is 0 Å². The summed E-state index contributed by atoms with van der Waals surface area (Å²) in [6, 6.07) is 0. The van der Waals surface area contributed by atoms with E-state index in [1.54, 1.807) is 0 Å². The van der Waals surface area contributed by atoms with E-state index in [1.807, 2.05) is 18.7 Å². The van der Waals surface area contributed by atoms with Gasteiger partial charge in [-0.2, -0.15) is 11.8 Å². The standard InChI is InChI=1S/C6H12OS/c1-3-8-5-6(2)4-7/h4,6H,3,5H2,1-2H3. The highest BCUT2D eigenvalue weighted by Gasteiger charge is 1.95. The van der Waals surface area contributed by atoms with Gasteiger partial charge in [0.25, 0.3) is 0 Å². The summed E-state index contributed by atoms with van der Waals surface area (Å²) in [5.41, 5.74) is 0. The van der Waals surface area contributed by atoms with Crippen molar-refractivity contribution >= 4 is 18.0 Å². The van der Waals surface area contributed by atoms with Gasteiger partial charge >= 0.3 is 0 Å². The molecule has 0 saturated heterocycles. The third-order valence-corrected chi connectivity index (χ3v) is 1.99. The number of hydrogen-bond donors (Lipinski definition) is 0. The number of thioether (sulfide) groups is 1. The highest BCUT2D eigenvalue weighted by molar-refractivity contribution is 7.99. The molecule has 0 aromatic heterocycles. The zero-order valence-corrected chi connectivity index (χ0v) is 6.20. The first-order valence-electron chi connectivity index (χ1n) is 2.84. The van der Waals surface area contributed by atoms with Crippen LogP contribution in [0, 0.1) is 5.92 Å². The van der Waals surface area contributed by atoms with Gasteiger partial charge in [0.1, 0.15) is 6.29 Å². The molecule has 8 heavy (non-hydrogen) atoms. The van der Waals surface area contributed by atoms with E-state index in [-0.39, 0.29) is 5.92 Å². The summed E-state index contributed by atoms with van der Waals surface area (Å²) >= 11 is 1.81. The van der Waals surface area contributed by atoms with Crippen LogP contribution in [0.25, 0.3) is 0 Å². The van der Waals surface area contributed by atoms with Gasteiger partial charge < -0.3 is 4.79 Å². The van der Waals surface area contributed by atoms with Gasteiger partial charge in [-0.1, -0.05) is 13.8 Å². The first-order valence-corrected chi connectivity index (χ1v) is 3.99. The molecule has 0 heterocycles. The molecule has 0 radical (unpaired) electrons. The Kier molecular flexibility index (Phi) is 5.18. The van der Waals surface area contributed by atoms with Crippen molar-refractivity contribution < 1.29 is 4.79 Å². The molecule has 0 spiro atoms. The number of hydrogen-bond acceptors (Lipinski definition) is 2. The van der Waals surface area contributed by atoms with Crippen LogP contribution < -0.4 is 0 Å². The van der Waals surface area contributed by atoms with Crippen molar-refractivity contribution in [2.75, 3.05) is 11.5 Å². The van der Waals surface area contributed by atoms with E-state index in [0.717, 1.165) is 17.8 Å². The van der Waals surface area contributed by atoms with Crippen LogP contribution in [0.2, 0.25) is 0 Å². The van der Waals surface area contributed by atoms with Crippen LogP contribution in [-0.2, 0) is 4.79 Å². The van der Waals surface area contributed by atoms with E-state index < -0.39 is 0 Å². The fraction of sp³-hybridized carbons (Fsp3) is 0.833. The van der Waals surface area contributed by atoms with Crippen LogP contribution in [-0.4, -0.2) is 17.8 Å². The summed E-state index contributed by atoms with van der Waals surface area (Å²) in [5.74, 6) is 2.32. The Hall–Kier alpha value is 0.0200. The summed E-state index contributed by atoms with van der Waals surface area (Å²) in [6.45, 7) is 4.04. The molecule has 0 amide bonds. The highest BCUT2D eigenvalue weighted by atomic mass is 32.2. The summed E-state index contributed by atoms with van der Waals surface area (Å²) < 4.78 is 0. The maximum atomic E-state index is 10.00. The third kappa shape index (κ3) is 4.19. The van der Waals surface area contributed by atoms with Crippen molar-refractivity contribution in [3.05, 3.63) is 0 Å². The topological polar surface area (TPSA) is 17.1 Å². The molecular formula is C6H12OS. The van der Waals surface area contributed by atoms with Gasteiger partial charge in [0, 0.05) is 11.7 Å². The largest absolute Gasteiger partial charge is 0.303 e. The van der Waals surface area contributed by atoms with Crippen LogP contribution in [0.15, 0.2) is 0 Å². The first kappa shape index (κ1) is 8.02. The number of carbonyl (C=O) groups excluding carboxylic acids is 1. The van der Waals surface area contributed by atoms with Gasteiger partial charge in [-0.3, -0.25) is 0 Å². The minimum Gasteiger partial charge on any atom is -0.303 e. The maximum absolute atomic E-state index is 10.00. The Labute approximate surface area is 54.8 Å². The molecule has 0 saturated carbocycles. The van der Waals surface area contributed by atoms with Crippen LogP contribution in [0.3, 0.4) is 0 Å². The van der Waals surface area contributed by atoms with Gasteiger partial charge in [0.2, 0.25) is 0 Å². The van der Waals surface area contributed by atoms with E-state index in [9.17, 15) is 4.79 Å². The number of aldehydes is 1. The predicted molar refractivity (Wildman–Crippen MR) is 38.2 cm³/mol. The summed E-state index contributed by atoms with van der Waals surface area (Å²) in [6.07, 6.45) is 1.00. The molecule has 0 aromatic carbocycles. The van der Waals surface area contributed by atoms with Gasteiger partial charge in [0.15, 0.2) is 0 Å². The average molecular weight is 132 g/mol. The average Bonchev–Trinajstić information content (AvgIpc) is 1.83. The number of rotatable bonds is 4. The SMILES string of the molecule is CCSCC(C)C=O. The van der Waals surface area contributed by atoms with Gasteiger partial charge in [0.05, 0.1) is 0 Å². The quantitative estimate of drug-likeness (QED) is 0.540. The summed E-state index contributed by atoms with van der Waals surface area (Å²) in [7, 11) is 0. The fourth-order valence-electron chi connectivity index (χ4n) is 0.343. The van der Waals surface area contributed by atoms with Gasteiger partial charge in [-0.15, -0.1) is 0 Å². The van der Waals surface area contributed by atoms with E-state index in [4.69, 9.17) is 0 Å². The van der Waals surface area contributed by atoms with Crippen molar-refractivity contribution in [2.24, 2.45) is 5.92 Å². The van der Waals surface area contributed by atoms with E-state index >= 15 is 0 Å². The molecule has 0 fully saturated rings. The van der Waals surface area contributed by atoms with E-state index in [0.29, 0.717) is 0 Å². The minimum atomic E-state index is 0.236. The van der Waals surface area contributed by atoms with Gasteiger partial charge in [-0.25, -0.2) is 0 Å². The lowest BCUT2D eigenvalue weighted by Crippen LogP contribution is -1.98. The Balaban J connectivity index is 2.98. The maximum Gasteiger partial charge on any atom is 0.123 e. The molecule has 0 aromatic rings. The third-order valence-electron chi connectivity index (χ3n) is 0.817. The number of carbonyl (C=O) groups is 1. The van der Waals surface area contributed by atoms with Crippen molar-refractivity contribution in [1.29, 1.82) is 0 Å². The van der Waals surface area contributed by atoms with Crippen LogP contribution >= 0.6 is 11.8 Å². The second kappa shape index (κ2) is 5.16. The molecule has 0 rings (SSSR count). The Morgan fingerprint density at radius 1 is 1.75 bits per heavy atom. The molecule has 0 aliphatic rings. The monoisotopic (exact) mass is 132 g/mol. The summed E-state index contributed by atoms with van der Waals surface area (Å²) in [4.78, 5) is 10.00. The highest BCUT2D eigenvalue weighted by Crippen LogP contribution is 2.03. The van der Waals surface area contributed by atoms with Crippen LogP contribution in [0.1, 0.15) is 13.8 Å². The van der Waals surface area contributed by atoms with Crippen molar-refractivity contribution in [3.8, 4) is 0 Å². The Morgan fingerprint density at radius 3 is 2.75 bits per heavy atom. The van der Waals surface area contributed by atoms with Crippen LogP contribution in [0.4, 0.5) is 0 Å². The molecule has 0 aliphatic carbocycles. The lowest BCUT2D eigenvalue weighted by Gasteiger charge is -1.97.